The zero-order chi connectivity index (χ0) is 13.6. The van der Waals surface area contributed by atoms with Crippen molar-refractivity contribution >= 4 is 5.69 Å². The Morgan fingerprint density at radius 2 is 1.40 bits per heavy atom. The van der Waals surface area contributed by atoms with Crippen molar-refractivity contribution in [2.75, 3.05) is 5.32 Å². The van der Waals surface area contributed by atoms with Gasteiger partial charge < -0.3 is 5.32 Å². The number of anilines is 1. The molecule has 1 atom stereocenters. The van der Waals surface area contributed by atoms with E-state index in [1.807, 2.05) is 30.3 Å². The highest BCUT2D eigenvalue weighted by molar-refractivity contribution is 5.45. The molecule has 0 fully saturated rings. The van der Waals surface area contributed by atoms with E-state index >= 15 is 0 Å². The van der Waals surface area contributed by atoms with Crippen LogP contribution in [-0.4, -0.2) is 15.0 Å². The van der Waals surface area contributed by atoms with Gasteiger partial charge in [-0.1, -0.05) is 30.3 Å². The highest BCUT2D eigenvalue weighted by atomic mass is 15.0. The summed E-state index contributed by atoms with van der Waals surface area (Å²) in [4.78, 5) is 12.2. The zero-order valence-electron chi connectivity index (χ0n) is 10.8. The maximum atomic E-state index is 4.08. The van der Waals surface area contributed by atoms with Gasteiger partial charge in [0.1, 0.15) is 6.33 Å². The first-order chi connectivity index (χ1) is 9.93. The average molecular weight is 262 g/mol. The fourth-order valence-electron chi connectivity index (χ4n) is 2.10. The molecule has 0 bridgehead atoms. The van der Waals surface area contributed by atoms with Gasteiger partial charge in [0.2, 0.25) is 0 Å². The van der Waals surface area contributed by atoms with Gasteiger partial charge in [-0.15, -0.1) is 0 Å². The largest absolute Gasteiger partial charge is 0.372 e. The van der Waals surface area contributed by atoms with Gasteiger partial charge in [0.15, 0.2) is 0 Å². The highest BCUT2D eigenvalue weighted by Gasteiger charge is 2.13. The molecule has 2 heterocycles. The molecule has 0 aliphatic rings. The normalized spacial score (nSPS) is 11.8. The van der Waals surface area contributed by atoms with Crippen LogP contribution in [0.25, 0.3) is 0 Å². The van der Waals surface area contributed by atoms with Crippen LogP contribution in [0.15, 0.2) is 73.6 Å². The smallest absolute Gasteiger partial charge is 0.115 e. The van der Waals surface area contributed by atoms with Gasteiger partial charge in [0.05, 0.1) is 24.1 Å². The van der Waals surface area contributed by atoms with Crippen LogP contribution in [0.4, 0.5) is 5.69 Å². The molecule has 1 unspecified atom stereocenters. The standard InChI is InChI=1S/C16H14N4/c1-2-4-13(5-3-1)16(14-6-8-17-9-7-14)20-15-10-18-12-19-11-15/h1-12,16,20H. The number of rotatable bonds is 4. The average Bonchev–Trinajstić information content (AvgIpc) is 2.55. The fourth-order valence-corrected chi connectivity index (χ4v) is 2.10. The molecule has 0 radical (unpaired) electrons. The molecular formula is C16H14N4. The summed E-state index contributed by atoms with van der Waals surface area (Å²) in [5, 5.41) is 3.46. The Hall–Kier alpha value is -2.75. The minimum absolute atomic E-state index is 0.0465. The van der Waals surface area contributed by atoms with E-state index < -0.39 is 0 Å². The first-order valence-electron chi connectivity index (χ1n) is 6.40. The van der Waals surface area contributed by atoms with E-state index in [2.05, 4.69) is 32.4 Å². The lowest BCUT2D eigenvalue weighted by molar-refractivity contribution is 0.927. The van der Waals surface area contributed by atoms with Gasteiger partial charge >= 0.3 is 0 Å². The van der Waals surface area contributed by atoms with Gasteiger partial charge in [-0.25, -0.2) is 9.97 Å². The Balaban J connectivity index is 1.96. The highest BCUT2D eigenvalue weighted by Crippen LogP contribution is 2.25. The van der Waals surface area contributed by atoms with Crippen LogP contribution in [0.3, 0.4) is 0 Å². The van der Waals surface area contributed by atoms with E-state index in [9.17, 15) is 0 Å². The SMILES string of the molecule is c1ccc(C(Nc2cncnc2)c2ccncc2)cc1. The van der Waals surface area contributed by atoms with Gasteiger partial charge in [0, 0.05) is 12.4 Å². The van der Waals surface area contributed by atoms with Crippen LogP contribution in [-0.2, 0) is 0 Å². The molecule has 0 saturated carbocycles. The summed E-state index contributed by atoms with van der Waals surface area (Å²) in [5.74, 6) is 0. The molecule has 20 heavy (non-hydrogen) atoms. The Labute approximate surface area is 117 Å². The van der Waals surface area contributed by atoms with Gasteiger partial charge in [-0.2, -0.15) is 0 Å². The molecule has 1 N–H and O–H groups in total. The molecule has 0 amide bonds. The van der Waals surface area contributed by atoms with Crippen LogP contribution in [0.5, 0.6) is 0 Å². The first-order valence-corrected chi connectivity index (χ1v) is 6.40. The van der Waals surface area contributed by atoms with E-state index in [4.69, 9.17) is 0 Å². The molecule has 0 saturated heterocycles. The van der Waals surface area contributed by atoms with Crippen molar-refractivity contribution in [2.45, 2.75) is 6.04 Å². The topological polar surface area (TPSA) is 50.7 Å². The minimum atomic E-state index is 0.0465. The fraction of sp³-hybridized carbons (Fsp3) is 0.0625. The van der Waals surface area contributed by atoms with Crippen molar-refractivity contribution in [1.82, 2.24) is 15.0 Å². The van der Waals surface area contributed by atoms with E-state index in [0.29, 0.717) is 0 Å². The predicted molar refractivity (Wildman–Crippen MR) is 78.2 cm³/mol. The Morgan fingerprint density at radius 3 is 2.10 bits per heavy atom. The van der Waals surface area contributed by atoms with E-state index in [0.717, 1.165) is 11.3 Å². The second-order valence-electron chi connectivity index (χ2n) is 4.40. The van der Waals surface area contributed by atoms with Crippen LogP contribution in [0.1, 0.15) is 17.2 Å². The quantitative estimate of drug-likeness (QED) is 0.785. The third-order valence-electron chi connectivity index (χ3n) is 3.04. The van der Waals surface area contributed by atoms with Crippen molar-refractivity contribution in [3.63, 3.8) is 0 Å². The lowest BCUT2D eigenvalue weighted by Crippen LogP contribution is -2.12. The third kappa shape index (κ3) is 2.80. The molecule has 0 aliphatic carbocycles. The Morgan fingerprint density at radius 1 is 0.750 bits per heavy atom. The van der Waals surface area contributed by atoms with E-state index in [1.165, 1.54) is 11.9 Å². The molecule has 0 aliphatic heterocycles. The zero-order valence-corrected chi connectivity index (χ0v) is 10.8. The van der Waals surface area contributed by atoms with Crippen molar-refractivity contribution in [1.29, 1.82) is 0 Å². The molecule has 4 nitrogen and oxygen atoms in total. The molecule has 3 rings (SSSR count). The van der Waals surface area contributed by atoms with Crippen molar-refractivity contribution in [3.05, 3.63) is 84.7 Å². The van der Waals surface area contributed by atoms with E-state index in [1.54, 1.807) is 24.8 Å². The van der Waals surface area contributed by atoms with Crippen molar-refractivity contribution < 1.29 is 0 Å². The summed E-state index contributed by atoms with van der Waals surface area (Å²) in [6.07, 6.45) is 8.66. The molecule has 3 aromatic rings. The van der Waals surface area contributed by atoms with E-state index in [-0.39, 0.29) is 6.04 Å². The number of pyridine rings is 1. The first kappa shape index (κ1) is 12.3. The summed E-state index contributed by atoms with van der Waals surface area (Å²) >= 11 is 0. The van der Waals surface area contributed by atoms with Crippen molar-refractivity contribution in [2.24, 2.45) is 0 Å². The number of hydrogen-bond acceptors (Lipinski definition) is 4. The van der Waals surface area contributed by atoms with Gasteiger partial charge in [0.25, 0.3) is 0 Å². The summed E-state index contributed by atoms with van der Waals surface area (Å²) in [6.45, 7) is 0. The summed E-state index contributed by atoms with van der Waals surface area (Å²) < 4.78 is 0. The maximum Gasteiger partial charge on any atom is 0.115 e. The third-order valence-corrected chi connectivity index (χ3v) is 3.04. The lowest BCUT2D eigenvalue weighted by Gasteiger charge is -2.20. The number of nitrogens with zero attached hydrogens (tertiary/aromatic N) is 3. The van der Waals surface area contributed by atoms with Crippen LogP contribution in [0, 0.1) is 0 Å². The summed E-state index contributed by atoms with van der Waals surface area (Å²) in [5.41, 5.74) is 3.22. The molecule has 1 aromatic carbocycles. The van der Waals surface area contributed by atoms with Crippen molar-refractivity contribution in [3.8, 4) is 0 Å². The Kier molecular flexibility index (Phi) is 3.64. The lowest BCUT2D eigenvalue weighted by atomic mass is 9.99. The molecular weight excluding hydrogens is 248 g/mol. The van der Waals surface area contributed by atoms with Crippen LogP contribution in [0.2, 0.25) is 0 Å². The molecule has 0 spiro atoms. The van der Waals surface area contributed by atoms with Crippen LogP contribution < -0.4 is 5.32 Å². The second-order valence-corrected chi connectivity index (χ2v) is 4.40. The second kappa shape index (κ2) is 5.93. The maximum absolute atomic E-state index is 4.08. The minimum Gasteiger partial charge on any atom is -0.372 e. The summed E-state index contributed by atoms with van der Waals surface area (Å²) in [7, 11) is 0. The van der Waals surface area contributed by atoms with Gasteiger partial charge in [-0.3, -0.25) is 4.98 Å². The number of benzene rings is 1. The Bertz CT molecular complexity index is 602. The predicted octanol–water partition coefficient (Wildman–Crippen LogP) is 3.07. The number of aromatic nitrogens is 3. The monoisotopic (exact) mass is 262 g/mol. The van der Waals surface area contributed by atoms with Gasteiger partial charge in [-0.05, 0) is 23.3 Å². The number of hydrogen-bond donors (Lipinski definition) is 1. The summed E-state index contributed by atoms with van der Waals surface area (Å²) in [6, 6.07) is 14.3. The molecule has 2 aromatic heterocycles. The van der Waals surface area contributed by atoms with Crippen LogP contribution >= 0.6 is 0 Å². The molecule has 4 heteroatoms. The molecule has 98 valence electrons. The number of nitrogens with one attached hydrogen (secondary N) is 1.